The lowest BCUT2D eigenvalue weighted by molar-refractivity contribution is -0.150. The van der Waals surface area contributed by atoms with Crippen LogP contribution in [-0.2, 0) is 125 Å². The Morgan fingerprint density at radius 1 is 0.244 bits per heavy atom. The Morgan fingerprint density at radius 3 is 0.638 bits per heavy atom. The lowest BCUT2D eigenvalue weighted by Gasteiger charge is -2.33. The summed E-state index contributed by atoms with van der Waals surface area (Å²) in [6, 6.07) is 52.4. The Balaban J connectivity index is 1.30. The molecule has 0 saturated carbocycles. The third-order valence-electron chi connectivity index (χ3n) is 20.8. The highest BCUT2D eigenvalue weighted by Crippen LogP contribution is 2.19. The Hall–Kier alpha value is -13.9. The molecule has 6 rings (SSSR count). The first-order valence-corrected chi connectivity index (χ1v) is 41.8. The van der Waals surface area contributed by atoms with Crippen LogP contribution in [0.5, 0.6) is 0 Å². The van der Waals surface area contributed by atoms with Crippen molar-refractivity contribution in [3.05, 3.63) is 215 Å². The smallest absolute Gasteiger partial charge is 0.305 e. The van der Waals surface area contributed by atoms with Gasteiger partial charge in [-0.25, -0.2) is 0 Å². The van der Waals surface area contributed by atoms with Gasteiger partial charge in [-0.05, 0) is 85.3 Å². The number of rotatable bonds is 61. The van der Waals surface area contributed by atoms with E-state index in [-0.39, 0.29) is 96.4 Å². The van der Waals surface area contributed by atoms with Crippen LogP contribution in [0.1, 0.15) is 91.7 Å². The maximum atomic E-state index is 15.2. The molecule has 35 nitrogen and oxygen atoms in total. The van der Waals surface area contributed by atoms with E-state index in [0.717, 1.165) is 55.2 Å². The number of carboxylic acid groups (broad SMARTS) is 6. The minimum Gasteiger partial charge on any atom is -0.481 e. The second-order valence-electron chi connectivity index (χ2n) is 30.5. The van der Waals surface area contributed by atoms with E-state index >= 15 is 24.0 Å². The van der Waals surface area contributed by atoms with E-state index in [1.165, 1.54) is 11.8 Å². The monoisotopic (exact) mass is 1760 g/mol. The number of hydrogen-bond acceptors (Lipinski definition) is 19. The molecule has 0 aliphatic heterocycles. The first kappa shape index (κ1) is 102. The largest absolute Gasteiger partial charge is 0.481 e. The Kier molecular flexibility index (Phi) is 44.5. The SMILES string of the molecule is CC(=O)CC(CCc1ccccc1)C(=O)CN(CCC(=O)O)C(=O)CN(CCc1ccccc1)C(=O)CN(CCC(=O)O)C(=O)CN(CCc1ccccc1)C(=O)CN(CCC(=O)O)C(=O)CN(CCc1ccccc1)C(=O)CN(CCC(=O)O)C(=O)CN(CCc1ccccc1)C(=O)CN(CCC(=O)O)C(=O)CN(CCc1ccccc1)C(=O)CNCCC(=O)O. The fourth-order valence-corrected chi connectivity index (χ4v) is 13.5. The molecule has 127 heavy (non-hydrogen) atoms. The van der Waals surface area contributed by atoms with Crippen LogP contribution in [0.2, 0.25) is 0 Å². The molecule has 0 fully saturated rings. The molecule has 0 radical (unpaired) electrons. The lowest BCUT2D eigenvalue weighted by atomic mass is 9.90. The number of nitrogens with one attached hydrogen (secondary N) is 1. The van der Waals surface area contributed by atoms with Gasteiger partial charge in [-0.1, -0.05) is 182 Å². The Morgan fingerprint density at radius 2 is 0.433 bits per heavy atom. The van der Waals surface area contributed by atoms with Crippen molar-refractivity contribution in [2.45, 2.75) is 96.8 Å². The van der Waals surface area contributed by atoms with Crippen LogP contribution < -0.4 is 5.32 Å². The van der Waals surface area contributed by atoms with Crippen molar-refractivity contribution in [2.75, 3.05) is 144 Å². The quantitative estimate of drug-likeness (QED) is 0.0267. The predicted octanol–water partition coefficient (Wildman–Crippen LogP) is 3.72. The summed E-state index contributed by atoms with van der Waals surface area (Å²) in [4.78, 5) is 257. The minimum atomic E-state index is -1.44. The van der Waals surface area contributed by atoms with Crippen molar-refractivity contribution >= 4 is 106 Å². The standard InChI is InChI=1S/C92H113N11O24/c1-68(104)56-75(33-32-69-20-8-2-9-21-69)76(105)58-94(51-40-88(118)119)78(107)60-96(47-36-71-24-12-4-13-25-71)80(109)65-101(53-42-90(122)123)84(113)62-98(49-38-73-28-16-6-17-29-73)82(111)67-103(55-44-92(126)127)86(115)63-99(50-39-74-30-18-7-19-31-74)83(112)66-102(54-43-91(124)125)85(114)61-97(48-37-72-26-14-5-15-27-72)81(110)64-100(52-41-89(120)121)79(108)59-95(46-35-70-22-10-3-11-23-70)77(106)57-93-45-34-87(116)117/h2-31,75,93H,32-67H2,1H3,(H,116,117)(H,118,119)(H,120,121)(H,122,123)(H,124,125)(H,126,127). The van der Waals surface area contributed by atoms with Crippen molar-refractivity contribution in [2.24, 2.45) is 5.92 Å². The summed E-state index contributed by atoms with van der Waals surface area (Å²) in [6.45, 7) is -11.9. The summed E-state index contributed by atoms with van der Waals surface area (Å²) < 4.78 is 0. The van der Waals surface area contributed by atoms with Gasteiger partial charge in [0.05, 0.1) is 111 Å². The molecule has 0 bridgehead atoms. The van der Waals surface area contributed by atoms with Crippen LogP contribution in [0.4, 0.5) is 0 Å². The van der Waals surface area contributed by atoms with Gasteiger partial charge in [0, 0.05) is 84.3 Å². The van der Waals surface area contributed by atoms with E-state index in [2.05, 4.69) is 5.32 Å². The zero-order valence-corrected chi connectivity index (χ0v) is 71.4. The summed E-state index contributed by atoms with van der Waals surface area (Å²) in [6.07, 6.45) is -3.03. The molecule has 6 aromatic rings. The molecule has 0 aromatic heterocycles. The number of carbonyl (C=O) groups is 18. The Labute approximate surface area is 736 Å². The molecule has 0 heterocycles. The van der Waals surface area contributed by atoms with Crippen molar-refractivity contribution < 1.29 is 117 Å². The van der Waals surface area contributed by atoms with Crippen LogP contribution in [0.3, 0.4) is 0 Å². The summed E-state index contributed by atoms with van der Waals surface area (Å²) in [5.41, 5.74) is 4.28. The molecule has 1 atom stereocenters. The molecule has 0 aliphatic carbocycles. The number of carbonyl (C=O) groups excluding carboxylic acids is 12. The van der Waals surface area contributed by atoms with E-state index in [9.17, 15) is 93.0 Å². The fraction of sp³-hybridized carbons (Fsp3) is 0.413. The Bertz CT molecular complexity index is 4650. The molecule has 680 valence electrons. The molecule has 0 aliphatic rings. The van der Waals surface area contributed by atoms with E-state index in [4.69, 9.17) is 0 Å². The second kappa shape index (κ2) is 55.4. The number of ketones is 2. The lowest BCUT2D eigenvalue weighted by Crippen LogP contribution is -2.53. The van der Waals surface area contributed by atoms with Crippen molar-refractivity contribution in [1.29, 1.82) is 0 Å². The highest BCUT2D eigenvalue weighted by molar-refractivity contribution is 5.96. The van der Waals surface area contributed by atoms with Gasteiger partial charge in [-0.3, -0.25) is 81.5 Å². The van der Waals surface area contributed by atoms with Gasteiger partial charge < -0.3 is 89.7 Å². The van der Waals surface area contributed by atoms with Gasteiger partial charge in [0.15, 0.2) is 5.78 Å². The second-order valence-corrected chi connectivity index (χ2v) is 30.5. The van der Waals surface area contributed by atoms with Crippen molar-refractivity contribution in [1.82, 2.24) is 54.3 Å². The topological polar surface area (TPSA) is 473 Å². The number of amides is 10. The van der Waals surface area contributed by atoms with Crippen LogP contribution >= 0.6 is 0 Å². The van der Waals surface area contributed by atoms with Gasteiger partial charge in [0.1, 0.15) is 5.78 Å². The third kappa shape index (κ3) is 40.1. The van der Waals surface area contributed by atoms with Crippen molar-refractivity contribution in [3.63, 3.8) is 0 Å². The zero-order chi connectivity index (χ0) is 92.6. The van der Waals surface area contributed by atoms with Crippen LogP contribution in [0.15, 0.2) is 182 Å². The number of carboxylic acids is 6. The van der Waals surface area contributed by atoms with E-state index in [1.54, 1.807) is 152 Å². The van der Waals surface area contributed by atoms with Gasteiger partial charge in [0.25, 0.3) is 0 Å². The summed E-state index contributed by atoms with van der Waals surface area (Å²) in [7, 11) is 0. The summed E-state index contributed by atoms with van der Waals surface area (Å²) in [5, 5.41) is 61.9. The number of nitrogens with zero attached hydrogens (tertiary/aromatic N) is 10. The van der Waals surface area contributed by atoms with E-state index < -0.39 is 243 Å². The normalized spacial score (nSPS) is 11.0. The van der Waals surface area contributed by atoms with Gasteiger partial charge >= 0.3 is 35.8 Å². The molecule has 35 heteroatoms. The van der Waals surface area contributed by atoms with Gasteiger partial charge in [-0.15, -0.1) is 0 Å². The average molecular weight is 1760 g/mol. The predicted molar refractivity (Wildman–Crippen MR) is 461 cm³/mol. The van der Waals surface area contributed by atoms with Crippen molar-refractivity contribution in [3.8, 4) is 0 Å². The molecule has 0 saturated heterocycles. The summed E-state index contributed by atoms with van der Waals surface area (Å²) >= 11 is 0. The van der Waals surface area contributed by atoms with Crippen LogP contribution in [-0.4, -0.2) is 330 Å². The van der Waals surface area contributed by atoms with Crippen LogP contribution in [0.25, 0.3) is 0 Å². The molecule has 6 aromatic carbocycles. The van der Waals surface area contributed by atoms with Crippen LogP contribution in [0, 0.1) is 5.92 Å². The number of aliphatic carboxylic acids is 6. The highest BCUT2D eigenvalue weighted by Gasteiger charge is 2.35. The fourth-order valence-electron chi connectivity index (χ4n) is 13.5. The zero-order valence-electron chi connectivity index (χ0n) is 71.4. The molecule has 1 unspecified atom stereocenters. The average Bonchev–Trinajstić information content (AvgIpc) is 0.846. The first-order valence-electron chi connectivity index (χ1n) is 41.8. The molecular weight excluding hydrogens is 1640 g/mol. The molecule has 0 spiro atoms. The minimum absolute atomic E-state index is 0.0293. The van der Waals surface area contributed by atoms with Gasteiger partial charge in [0.2, 0.25) is 59.1 Å². The summed E-state index contributed by atoms with van der Waals surface area (Å²) in [5.74, 6) is -19.1. The number of Topliss-reactive ketones (excluding diaryl/α,β-unsaturated/α-hetero) is 2. The number of hydrogen-bond donors (Lipinski definition) is 7. The molecule has 7 N–H and O–H groups in total. The number of aryl methyl sites for hydroxylation is 1. The third-order valence-corrected chi connectivity index (χ3v) is 20.8. The van der Waals surface area contributed by atoms with E-state index in [0.29, 0.717) is 28.7 Å². The number of benzene rings is 6. The highest BCUT2D eigenvalue weighted by atomic mass is 16.4. The van der Waals surface area contributed by atoms with E-state index in [1.807, 2.05) is 30.3 Å². The molecular formula is C92H113N11O24. The maximum Gasteiger partial charge on any atom is 0.305 e. The first-order chi connectivity index (χ1) is 60.8. The maximum absolute atomic E-state index is 15.2. The molecule has 10 amide bonds. The van der Waals surface area contributed by atoms with Gasteiger partial charge in [-0.2, -0.15) is 0 Å².